The van der Waals surface area contributed by atoms with Crippen molar-refractivity contribution in [2.45, 2.75) is 6.04 Å². The zero-order valence-electron chi connectivity index (χ0n) is 11.2. The number of carbonyl (C=O) groups is 2. The molecule has 2 rings (SSSR count). The van der Waals surface area contributed by atoms with Gasteiger partial charge in [-0.25, -0.2) is 4.79 Å². The molecule has 0 aromatic heterocycles. The maximum absolute atomic E-state index is 11.9. The second kappa shape index (κ2) is 5.79. The van der Waals surface area contributed by atoms with Crippen LogP contribution in [0.5, 0.6) is 0 Å². The largest absolute Gasteiger partial charge is 0.465 e. The molecule has 1 fully saturated rings. The Morgan fingerprint density at radius 1 is 1.45 bits per heavy atom. The van der Waals surface area contributed by atoms with Crippen LogP contribution >= 0.6 is 0 Å². The third kappa shape index (κ3) is 2.67. The number of esters is 1. The van der Waals surface area contributed by atoms with E-state index >= 15 is 0 Å². The highest BCUT2D eigenvalue weighted by molar-refractivity contribution is 5.98. The van der Waals surface area contributed by atoms with E-state index in [4.69, 9.17) is 20.9 Å². The van der Waals surface area contributed by atoms with E-state index in [2.05, 4.69) is 0 Å². The first-order chi connectivity index (χ1) is 9.54. The Bertz CT molecular complexity index is 532. The lowest BCUT2D eigenvalue weighted by atomic mass is 10.1. The highest BCUT2D eigenvalue weighted by Gasteiger charge is 2.30. The van der Waals surface area contributed by atoms with E-state index in [0.717, 1.165) is 0 Å². The molecule has 0 aliphatic carbocycles. The van der Waals surface area contributed by atoms with E-state index in [9.17, 15) is 9.59 Å². The molecule has 7 heteroatoms. The number of methoxy groups -OCH3 is 1. The van der Waals surface area contributed by atoms with Gasteiger partial charge in [-0.15, -0.1) is 0 Å². The van der Waals surface area contributed by atoms with E-state index < -0.39 is 17.9 Å². The second-order valence-corrected chi connectivity index (χ2v) is 4.45. The van der Waals surface area contributed by atoms with Crippen molar-refractivity contribution in [3.63, 3.8) is 0 Å². The zero-order valence-corrected chi connectivity index (χ0v) is 11.2. The second-order valence-electron chi connectivity index (χ2n) is 4.45. The molecule has 1 saturated heterocycles. The first-order valence-corrected chi connectivity index (χ1v) is 6.16. The molecular formula is C13H17N3O4. The quantitative estimate of drug-likeness (QED) is 0.583. The van der Waals surface area contributed by atoms with Crippen molar-refractivity contribution in [2.75, 3.05) is 37.5 Å². The van der Waals surface area contributed by atoms with Gasteiger partial charge in [0.2, 0.25) is 5.91 Å². The Morgan fingerprint density at radius 3 is 2.85 bits per heavy atom. The molecule has 0 bridgehead atoms. The van der Waals surface area contributed by atoms with Gasteiger partial charge < -0.3 is 25.8 Å². The monoisotopic (exact) mass is 279 g/mol. The van der Waals surface area contributed by atoms with E-state index in [1.807, 2.05) is 0 Å². The van der Waals surface area contributed by atoms with E-state index in [1.165, 1.54) is 13.2 Å². The van der Waals surface area contributed by atoms with Gasteiger partial charge in [-0.05, 0) is 18.2 Å². The van der Waals surface area contributed by atoms with Crippen molar-refractivity contribution < 1.29 is 19.1 Å². The molecule has 1 aromatic rings. The summed E-state index contributed by atoms with van der Waals surface area (Å²) in [6, 6.07) is 4.25. The summed E-state index contributed by atoms with van der Waals surface area (Å²) >= 11 is 0. The number of hydrogen-bond acceptors (Lipinski definition) is 6. The van der Waals surface area contributed by atoms with Crippen LogP contribution in [0.15, 0.2) is 18.2 Å². The minimum Gasteiger partial charge on any atom is -0.465 e. The maximum atomic E-state index is 11.9. The number of hydrogen-bond donors (Lipinski definition) is 2. The number of anilines is 2. The average molecular weight is 279 g/mol. The number of primary amides is 1. The first kappa shape index (κ1) is 14.1. The number of nitrogens with zero attached hydrogens (tertiary/aromatic N) is 1. The van der Waals surface area contributed by atoms with Crippen LogP contribution in [-0.4, -0.2) is 44.8 Å². The van der Waals surface area contributed by atoms with Crippen molar-refractivity contribution in [1.82, 2.24) is 0 Å². The molecule has 0 radical (unpaired) electrons. The summed E-state index contributed by atoms with van der Waals surface area (Å²) in [7, 11) is 1.29. The maximum Gasteiger partial charge on any atom is 0.340 e. The Morgan fingerprint density at radius 2 is 2.20 bits per heavy atom. The van der Waals surface area contributed by atoms with Crippen molar-refractivity contribution in [3.05, 3.63) is 23.8 Å². The van der Waals surface area contributed by atoms with Gasteiger partial charge in [0.1, 0.15) is 6.04 Å². The van der Waals surface area contributed by atoms with Gasteiger partial charge in [-0.3, -0.25) is 4.79 Å². The zero-order chi connectivity index (χ0) is 14.7. The molecule has 1 aromatic carbocycles. The Balaban J connectivity index is 2.44. The molecule has 1 aliphatic rings. The number of benzene rings is 1. The number of amides is 1. The lowest BCUT2D eigenvalue weighted by Gasteiger charge is -2.36. The summed E-state index contributed by atoms with van der Waals surface area (Å²) in [5.74, 6) is -1.01. The number of morpholine rings is 1. The number of nitrogen functional groups attached to an aromatic ring is 1. The summed E-state index contributed by atoms with van der Waals surface area (Å²) in [6.07, 6.45) is 0. The van der Waals surface area contributed by atoms with Gasteiger partial charge in [0.05, 0.1) is 31.6 Å². The van der Waals surface area contributed by atoms with Gasteiger partial charge in [0.15, 0.2) is 0 Å². The Kier molecular flexibility index (Phi) is 4.09. The Hall–Kier alpha value is -2.28. The van der Waals surface area contributed by atoms with Crippen LogP contribution in [0, 0.1) is 0 Å². The number of carbonyl (C=O) groups excluding carboxylic acids is 2. The molecular weight excluding hydrogens is 262 g/mol. The fraction of sp³-hybridized carbons (Fsp3) is 0.385. The molecule has 7 nitrogen and oxygen atoms in total. The first-order valence-electron chi connectivity index (χ1n) is 6.16. The number of nitrogens with two attached hydrogens (primary N) is 2. The van der Waals surface area contributed by atoms with Crippen LogP contribution in [0.1, 0.15) is 10.4 Å². The van der Waals surface area contributed by atoms with Crippen molar-refractivity contribution in [3.8, 4) is 0 Å². The lowest BCUT2D eigenvalue weighted by molar-refractivity contribution is -0.121. The molecule has 1 heterocycles. The van der Waals surface area contributed by atoms with E-state index in [-0.39, 0.29) is 6.61 Å². The van der Waals surface area contributed by atoms with E-state index in [0.29, 0.717) is 30.1 Å². The highest BCUT2D eigenvalue weighted by Crippen LogP contribution is 2.27. The average Bonchev–Trinajstić information content (AvgIpc) is 2.46. The summed E-state index contributed by atoms with van der Waals surface area (Å²) < 4.78 is 10.0. The van der Waals surface area contributed by atoms with Crippen LogP contribution in [0.25, 0.3) is 0 Å². The minimum absolute atomic E-state index is 0.195. The normalized spacial score (nSPS) is 18.6. The molecule has 1 aliphatic heterocycles. The summed E-state index contributed by atoms with van der Waals surface area (Å²) in [5, 5.41) is 0. The molecule has 20 heavy (non-hydrogen) atoms. The fourth-order valence-corrected chi connectivity index (χ4v) is 2.21. The molecule has 108 valence electrons. The standard InChI is InChI=1S/C13H17N3O4/c1-19-13(18)9-6-8(14)2-3-10(9)16-4-5-20-7-11(16)12(15)17/h2-3,6,11H,4-5,7,14H2,1H3,(H2,15,17). The Labute approximate surface area is 116 Å². The van der Waals surface area contributed by atoms with Gasteiger partial charge >= 0.3 is 5.97 Å². The fourth-order valence-electron chi connectivity index (χ4n) is 2.21. The van der Waals surface area contributed by atoms with Crippen molar-refractivity contribution in [1.29, 1.82) is 0 Å². The third-order valence-electron chi connectivity index (χ3n) is 3.19. The molecule has 0 saturated carbocycles. The molecule has 1 unspecified atom stereocenters. The molecule has 0 spiro atoms. The smallest absolute Gasteiger partial charge is 0.340 e. The topological polar surface area (TPSA) is 108 Å². The van der Waals surface area contributed by atoms with Crippen LogP contribution < -0.4 is 16.4 Å². The lowest BCUT2D eigenvalue weighted by Crippen LogP contribution is -2.53. The van der Waals surface area contributed by atoms with Crippen molar-refractivity contribution in [2.24, 2.45) is 5.73 Å². The van der Waals surface area contributed by atoms with Gasteiger partial charge in [0, 0.05) is 12.2 Å². The number of rotatable bonds is 3. The number of ether oxygens (including phenoxy) is 2. The minimum atomic E-state index is -0.615. The predicted molar refractivity (Wildman–Crippen MR) is 73.3 cm³/mol. The molecule has 1 atom stereocenters. The van der Waals surface area contributed by atoms with Crippen LogP contribution in [0.3, 0.4) is 0 Å². The molecule has 1 amide bonds. The summed E-state index contributed by atoms with van der Waals surface area (Å²) in [6.45, 7) is 1.11. The van der Waals surface area contributed by atoms with E-state index in [1.54, 1.807) is 17.0 Å². The summed E-state index contributed by atoms with van der Waals surface area (Å²) in [4.78, 5) is 25.1. The SMILES string of the molecule is COC(=O)c1cc(N)ccc1N1CCOCC1C(N)=O. The van der Waals surface area contributed by atoms with Gasteiger partial charge in [-0.2, -0.15) is 0 Å². The van der Waals surface area contributed by atoms with Crippen LogP contribution in [-0.2, 0) is 14.3 Å². The van der Waals surface area contributed by atoms with Crippen LogP contribution in [0.4, 0.5) is 11.4 Å². The molecule has 4 N–H and O–H groups in total. The summed E-state index contributed by atoms with van der Waals surface area (Å²) in [5.41, 5.74) is 12.4. The van der Waals surface area contributed by atoms with Gasteiger partial charge in [-0.1, -0.05) is 0 Å². The van der Waals surface area contributed by atoms with Gasteiger partial charge in [0.25, 0.3) is 0 Å². The predicted octanol–water partition coefficient (Wildman–Crippen LogP) is -0.254. The van der Waals surface area contributed by atoms with Crippen LogP contribution in [0.2, 0.25) is 0 Å². The third-order valence-corrected chi connectivity index (χ3v) is 3.19. The van der Waals surface area contributed by atoms with Crippen molar-refractivity contribution >= 4 is 23.3 Å². The highest BCUT2D eigenvalue weighted by atomic mass is 16.5.